The van der Waals surface area contributed by atoms with Crippen molar-refractivity contribution in [2.75, 3.05) is 19.6 Å². The summed E-state index contributed by atoms with van der Waals surface area (Å²) >= 11 is 0. The molecule has 86 valence electrons. The third kappa shape index (κ3) is 5.75. The molecule has 0 fully saturated rings. The lowest BCUT2D eigenvalue weighted by Crippen LogP contribution is -2.32. The molecule has 0 spiro atoms. The van der Waals surface area contributed by atoms with Gasteiger partial charge in [0.1, 0.15) is 10.5 Å². The Labute approximate surface area is 91.3 Å². The molecule has 0 amide bonds. The molecule has 0 radical (unpaired) electrons. The fourth-order valence-corrected chi connectivity index (χ4v) is 1.71. The molecule has 14 heavy (non-hydrogen) atoms. The van der Waals surface area contributed by atoms with Crippen molar-refractivity contribution in [2.45, 2.75) is 39.2 Å². The highest BCUT2D eigenvalue weighted by Gasteiger charge is 2.23. The van der Waals surface area contributed by atoms with Crippen LogP contribution in [0.1, 0.15) is 33.6 Å². The van der Waals surface area contributed by atoms with Gasteiger partial charge in [-0.25, -0.2) is 0 Å². The van der Waals surface area contributed by atoms with E-state index in [1.54, 1.807) is 0 Å². The summed E-state index contributed by atoms with van der Waals surface area (Å²) in [4.78, 5) is 0. The third-order valence-electron chi connectivity index (χ3n) is 3.02. The first kappa shape index (κ1) is 14.1. The number of nitrogens with two attached hydrogens (primary N) is 1. The Hall–Kier alpha value is 0.0969. The summed E-state index contributed by atoms with van der Waals surface area (Å²) < 4.78 is 5.58. The van der Waals surface area contributed by atoms with Crippen molar-refractivity contribution in [2.24, 2.45) is 11.7 Å². The summed E-state index contributed by atoms with van der Waals surface area (Å²) in [7, 11) is 0.824. The maximum Gasteiger partial charge on any atom is 0.146 e. The van der Waals surface area contributed by atoms with Crippen molar-refractivity contribution < 1.29 is 4.43 Å². The van der Waals surface area contributed by atoms with Crippen molar-refractivity contribution in [3.05, 3.63) is 0 Å². The highest BCUT2D eigenvalue weighted by atomic mass is 28.2. The lowest BCUT2D eigenvalue weighted by Gasteiger charge is -2.31. The maximum atomic E-state index is 5.58. The van der Waals surface area contributed by atoms with Gasteiger partial charge in [-0.1, -0.05) is 6.92 Å². The van der Waals surface area contributed by atoms with Crippen LogP contribution < -0.4 is 11.1 Å². The lowest BCUT2D eigenvalue weighted by molar-refractivity contribution is 0.0566. The zero-order chi connectivity index (χ0) is 11.0. The fourth-order valence-electron chi connectivity index (χ4n) is 1.31. The van der Waals surface area contributed by atoms with Crippen LogP contribution in [0.5, 0.6) is 0 Å². The van der Waals surface area contributed by atoms with Crippen LogP contribution in [-0.4, -0.2) is 35.7 Å². The van der Waals surface area contributed by atoms with Crippen molar-refractivity contribution in [1.29, 1.82) is 0 Å². The smallest absolute Gasteiger partial charge is 0.146 e. The second-order valence-electron chi connectivity index (χ2n) is 4.39. The number of rotatable bonds is 8. The van der Waals surface area contributed by atoms with E-state index in [9.17, 15) is 0 Å². The van der Waals surface area contributed by atoms with E-state index < -0.39 is 0 Å². The van der Waals surface area contributed by atoms with Crippen molar-refractivity contribution in [3.63, 3.8) is 0 Å². The highest BCUT2D eigenvalue weighted by Crippen LogP contribution is 2.23. The van der Waals surface area contributed by atoms with Gasteiger partial charge in [-0.05, 0) is 39.2 Å². The molecule has 0 bridgehead atoms. The number of nitrogens with one attached hydrogen (secondary N) is 1. The summed E-state index contributed by atoms with van der Waals surface area (Å²) in [5, 5.41) is 3.30. The molecule has 0 aromatic rings. The van der Waals surface area contributed by atoms with E-state index in [0.717, 1.165) is 30.1 Å². The molecule has 3 nitrogen and oxygen atoms in total. The molecule has 0 heterocycles. The molecule has 0 aliphatic rings. The van der Waals surface area contributed by atoms with E-state index in [1.165, 1.54) is 12.8 Å². The van der Waals surface area contributed by atoms with Crippen LogP contribution in [0.25, 0.3) is 0 Å². The largest absolute Gasteiger partial charge is 0.423 e. The minimum Gasteiger partial charge on any atom is -0.423 e. The van der Waals surface area contributed by atoms with Gasteiger partial charge in [0, 0.05) is 13.1 Å². The average Bonchev–Trinajstić information content (AvgIpc) is 2.17. The van der Waals surface area contributed by atoms with Crippen molar-refractivity contribution in [3.8, 4) is 0 Å². The first-order valence-electron chi connectivity index (χ1n) is 5.50. The molecule has 0 saturated carbocycles. The minimum atomic E-state index is 0.0556. The molecule has 1 atom stereocenters. The molecular formula is C10H26N2OSi. The Morgan fingerprint density at radius 2 is 2.07 bits per heavy atom. The van der Waals surface area contributed by atoms with Gasteiger partial charge in [-0.15, -0.1) is 0 Å². The van der Waals surface area contributed by atoms with E-state index >= 15 is 0 Å². The molecule has 3 N–H and O–H groups in total. The standard InChI is InChI=1S/C10H26N2OSi/c1-9(10(2,3)13-14)5-4-7-12-8-6-11/h9,12H,4-8,11H2,1-3,14H3. The van der Waals surface area contributed by atoms with Gasteiger partial charge in [0.2, 0.25) is 0 Å². The quantitative estimate of drug-likeness (QED) is 0.446. The molecule has 0 saturated heterocycles. The third-order valence-corrected chi connectivity index (χ3v) is 4.08. The first-order valence-corrected chi connectivity index (χ1v) is 6.32. The monoisotopic (exact) mass is 218 g/mol. The normalized spacial score (nSPS) is 14.6. The minimum absolute atomic E-state index is 0.0556. The second-order valence-corrected chi connectivity index (χ2v) is 4.80. The topological polar surface area (TPSA) is 47.3 Å². The van der Waals surface area contributed by atoms with Gasteiger partial charge in [0.15, 0.2) is 0 Å². The van der Waals surface area contributed by atoms with Crippen LogP contribution in [-0.2, 0) is 4.43 Å². The predicted octanol–water partition coefficient (Wildman–Crippen LogP) is 0.0266. The predicted molar refractivity (Wildman–Crippen MR) is 65.4 cm³/mol. The van der Waals surface area contributed by atoms with Gasteiger partial charge in [-0.3, -0.25) is 0 Å². The van der Waals surface area contributed by atoms with Gasteiger partial charge >= 0.3 is 0 Å². The van der Waals surface area contributed by atoms with E-state index in [-0.39, 0.29) is 5.60 Å². The average molecular weight is 218 g/mol. The van der Waals surface area contributed by atoms with Gasteiger partial charge in [0.25, 0.3) is 0 Å². The van der Waals surface area contributed by atoms with E-state index in [0.29, 0.717) is 5.92 Å². The van der Waals surface area contributed by atoms with Crippen LogP contribution in [0.15, 0.2) is 0 Å². The summed E-state index contributed by atoms with van der Waals surface area (Å²) in [6.45, 7) is 9.34. The Kier molecular flexibility index (Phi) is 7.45. The molecule has 0 aromatic heterocycles. The summed E-state index contributed by atoms with van der Waals surface area (Å²) in [6.07, 6.45) is 2.42. The summed E-state index contributed by atoms with van der Waals surface area (Å²) in [6, 6.07) is 0. The Morgan fingerprint density at radius 3 is 2.57 bits per heavy atom. The van der Waals surface area contributed by atoms with Crippen molar-refractivity contribution >= 4 is 10.5 Å². The van der Waals surface area contributed by atoms with Gasteiger partial charge in [0.05, 0.1) is 5.60 Å². The Bertz CT molecular complexity index is 142. The molecule has 0 aromatic carbocycles. The summed E-state index contributed by atoms with van der Waals surface area (Å²) in [5.74, 6) is 0.625. The molecule has 0 aliphatic heterocycles. The Morgan fingerprint density at radius 1 is 1.43 bits per heavy atom. The zero-order valence-electron chi connectivity index (χ0n) is 10.1. The zero-order valence-corrected chi connectivity index (χ0v) is 12.1. The molecule has 4 heteroatoms. The SMILES string of the molecule is CC(CCCNCCN)C(C)(C)O[SiH3]. The van der Waals surface area contributed by atoms with Crippen LogP contribution in [0.3, 0.4) is 0 Å². The van der Waals surface area contributed by atoms with Gasteiger partial charge in [-0.2, -0.15) is 0 Å². The number of hydrogen-bond donors (Lipinski definition) is 2. The second kappa shape index (κ2) is 7.40. The van der Waals surface area contributed by atoms with Crippen LogP contribution in [0.4, 0.5) is 0 Å². The van der Waals surface area contributed by atoms with E-state index in [4.69, 9.17) is 10.2 Å². The van der Waals surface area contributed by atoms with Gasteiger partial charge < -0.3 is 15.5 Å². The molecule has 0 rings (SSSR count). The highest BCUT2D eigenvalue weighted by molar-refractivity contribution is 5.98. The number of hydrogen-bond acceptors (Lipinski definition) is 3. The fraction of sp³-hybridized carbons (Fsp3) is 1.00. The molecular weight excluding hydrogens is 192 g/mol. The van der Waals surface area contributed by atoms with Crippen LogP contribution in [0, 0.1) is 5.92 Å². The Balaban J connectivity index is 3.48. The first-order chi connectivity index (χ1) is 6.54. The van der Waals surface area contributed by atoms with E-state index in [2.05, 4.69) is 26.1 Å². The lowest BCUT2D eigenvalue weighted by atomic mass is 9.89. The molecule has 1 unspecified atom stereocenters. The maximum absolute atomic E-state index is 5.58. The van der Waals surface area contributed by atoms with Crippen LogP contribution in [0.2, 0.25) is 0 Å². The van der Waals surface area contributed by atoms with Crippen molar-refractivity contribution in [1.82, 2.24) is 5.32 Å². The molecule has 0 aliphatic carbocycles. The van der Waals surface area contributed by atoms with E-state index in [1.807, 2.05) is 0 Å². The summed E-state index contributed by atoms with van der Waals surface area (Å²) in [5.41, 5.74) is 5.44. The van der Waals surface area contributed by atoms with Crippen LogP contribution >= 0.6 is 0 Å².